The molecule has 0 aliphatic heterocycles. The van der Waals surface area contributed by atoms with E-state index in [1.807, 2.05) is 13.8 Å². The molecule has 0 spiro atoms. The molecule has 1 aromatic carbocycles. The third-order valence-electron chi connectivity index (χ3n) is 3.73. The van der Waals surface area contributed by atoms with Crippen LogP contribution in [0.25, 0.3) is 0 Å². The van der Waals surface area contributed by atoms with Gasteiger partial charge in [-0.2, -0.15) is 0 Å². The second-order valence-corrected chi connectivity index (χ2v) is 6.60. The van der Waals surface area contributed by atoms with Gasteiger partial charge in [0, 0.05) is 19.2 Å². The first-order valence-electron chi connectivity index (χ1n) is 8.11. The minimum Gasteiger partial charge on any atom is -0.493 e. The lowest BCUT2D eigenvalue weighted by atomic mass is 9.93. The fourth-order valence-electron chi connectivity index (χ4n) is 2.25. The second kappa shape index (κ2) is 10.4. The van der Waals surface area contributed by atoms with Crippen LogP contribution < -0.4 is 15.2 Å². The lowest BCUT2D eigenvalue weighted by Gasteiger charge is -2.29. The largest absolute Gasteiger partial charge is 0.493 e. The van der Waals surface area contributed by atoms with Crippen molar-refractivity contribution in [3.05, 3.63) is 23.8 Å². The Labute approximate surface area is 151 Å². The predicted molar refractivity (Wildman–Crippen MR) is 100 cm³/mol. The molecule has 2 N–H and O–H groups in total. The van der Waals surface area contributed by atoms with E-state index in [2.05, 4.69) is 6.92 Å². The smallest absolute Gasteiger partial charge is 0.253 e. The molecule has 0 aliphatic rings. The lowest BCUT2D eigenvalue weighted by Crippen LogP contribution is -2.39. The highest BCUT2D eigenvalue weighted by atomic mass is 35.5. The normalized spacial score (nSPS) is 10.8. The van der Waals surface area contributed by atoms with Crippen molar-refractivity contribution in [2.45, 2.75) is 33.6 Å². The Morgan fingerprint density at radius 2 is 1.96 bits per heavy atom. The molecule has 0 atom stereocenters. The van der Waals surface area contributed by atoms with E-state index in [1.54, 1.807) is 37.3 Å². The van der Waals surface area contributed by atoms with Gasteiger partial charge in [-0.1, -0.05) is 27.2 Å². The molecule has 0 aromatic heterocycles. The van der Waals surface area contributed by atoms with Crippen LogP contribution in [0.2, 0.25) is 0 Å². The summed E-state index contributed by atoms with van der Waals surface area (Å²) in [5.41, 5.74) is 6.21. The summed E-state index contributed by atoms with van der Waals surface area (Å²) < 4.78 is 11.0. The van der Waals surface area contributed by atoms with Gasteiger partial charge in [0.15, 0.2) is 11.5 Å². The van der Waals surface area contributed by atoms with Crippen LogP contribution in [0, 0.1) is 5.41 Å². The molecule has 0 saturated carbocycles. The number of carbonyl (C=O) groups is 1. The van der Waals surface area contributed by atoms with Crippen LogP contribution in [-0.2, 0) is 0 Å². The summed E-state index contributed by atoms with van der Waals surface area (Å²) in [5, 5.41) is 0. The number of carbonyl (C=O) groups excluding carboxylic acids is 1. The van der Waals surface area contributed by atoms with Gasteiger partial charge in [0.05, 0.1) is 13.7 Å². The topological polar surface area (TPSA) is 64.8 Å². The fraction of sp³-hybridized carbons (Fsp3) is 0.611. The van der Waals surface area contributed by atoms with Crippen LogP contribution in [0.15, 0.2) is 18.2 Å². The number of benzene rings is 1. The Morgan fingerprint density at radius 1 is 1.29 bits per heavy atom. The number of hydrogen-bond donors (Lipinski definition) is 1. The van der Waals surface area contributed by atoms with Crippen molar-refractivity contribution in [1.82, 2.24) is 4.90 Å². The minimum atomic E-state index is -0.113. The van der Waals surface area contributed by atoms with Crippen LogP contribution in [0.4, 0.5) is 0 Å². The first kappa shape index (κ1) is 22.5. The molecule has 0 heterocycles. The maximum absolute atomic E-state index is 12.6. The molecule has 0 unspecified atom stereocenters. The zero-order valence-corrected chi connectivity index (χ0v) is 16.2. The Bertz CT molecular complexity index is 521. The van der Waals surface area contributed by atoms with Crippen molar-refractivity contribution >= 4 is 18.3 Å². The minimum absolute atomic E-state index is 0. The third-order valence-corrected chi connectivity index (χ3v) is 3.73. The Hall–Kier alpha value is -1.46. The van der Waals surface area contributed by atoms with Gasteiger partial charge in [0.2, 0.25) is 0 Å². The molecule has 24 heavy (non-hydrogen) atoms. The van der Waals surface area contributed by atoms with Crippen molar-refractivity contribution in [2.24, 2.45) is 11.1 Å². The quantitative estimate of drug-likeness (QED) is 0.687. The van der Waals surface area contributed by atoms with E-state index < -0.39 is 0 Å². The first-order chi connectivity index (χ1) is 10.8. The zero-order chi connectivity index (χ0) is 17.5. The van der Waals surface area contributed by atoms with Crippen molar-refractivity contribution in [2.75, 3.05) is 33.9 Å². The summed E-state index contributed by atoms with van der Waals surface area (Å²) in [5.74, 6) is 1.20. The van der Waals surface area contributed by atoms with Gasteiger partial charge in [-0.15, -0.1) is 12.4 Å². The number of nitrogens with two attached hydrogens (primary N) is 1. The lowest BCUT2D eigenvalue weighted by molar-refractivity contribution is 0.0740. The van der Waals surface area contributed by atoms with Gasteiger partial charge in [0.25, 0.3) is 5.91 Å². The van der Waals surface area contributed by atoms with Crippen molar-refractivity contribution in [3.8, 4) is 11.5 Å². The number of hydrogen-bond acceptors (Lipinski definition) is 4. The number of methoxy groups -OCH3 is 1. The van der Waals surface area contributed by atoms with Crippen LogP contribution in [0.5, 0.6) is 11.5 Å². The average Bonchev–Trinajstić information content (AvgIpc) is 2.54. The van der Waals surface area contributed by atoms with Gasteiger partial charge in [-0.3, -0.25) is 4.79 Å². The van der Waals surface area contributed by atoms with E-state index in [0.717, 1.165) is 12.8 Å². The molecule has 0 aliphatic carbocycles. The Balaban J connectivity index is 0.00000529. The van der Waals surface area contributed by atoms with Gasteiger partial charge < -0.3 is 20.1 Å². The summed E-state index contributed by atoms with van der Waals surface area (Å²) in [6.07, 6.45) is 2.06. The summed E-state index contributed by atoms with van der Waals surface area (Å²) in [6, 6.07) is 5.30. The Kier molecular flexibility index (Phi) is 9.78. The molecular formula is C18H31ClN2O3. The Morgan fingerprint density at radius 3 is 2.50 bits per heavy atom. The van der Waals surface area contributed by atoms with Crippen molar-refractivity contribution < 1.29 is 14.3 Å². The van der Waals surface area contributed by atoms with E-state index in [4.69, 9.17) is 15.2 Å². The monoisotopic (exact) mass is 358 g/mol. The highest BCUT2D eigenvalue weighted by Crippen LogP contribution is 2.29. The molecule has 1 amide bonds. The maximum Gasteiger partial charge on any atom is 0.253 e. The number of halogens is 1. The number of amides is 1. The highest BCUT2D eigenvalue weighted by molar-refractivity contribution is 5.94. The standard InChI is InChI=1S/C18H30N2O3.ClH/c1-6-7-10-23-15-9-8-14(11-16(15)22-5)17(21)20(4)13-18(2,3)12-19;/h8-9,11H,6-7,10,12-13,19H2,1-5H3;1H. The van der Waals surface area contributed by atoms with E-state index in [9.17, 15) is 4.79 Å². The maximum atomic E-state index is 12.6. The number of rotatable bonds is 9. The summed E-state index contributed by atoms with van der Waals surface area (Å²) in [6.45, 7) is 7.97. The van der Waals surface area contributed by atoms with E-state index >= 15 is 0 Å². The molecule has 6 heteroatoms. The highest BCUT2D eigenvalue weighted by Gasteiger charge is 2.22. The van der Waals surface area contributed by atoms with Gasteiger partial charge in [-0.05, 0) is 36.6 Å². The third kappa shape index (κ3) is 6.57. The van der Waals surface area contributed by atoms with Crippen LogP contribution in [0.1, 0.15) is 44.0 Å². The first-order valence-corrected chi connectivity index (χ1v) is 8.11. The van der Waals surface area contributed by atoms with Gasteiger partial charge in [-0.25, -0.2) is 0 Å². The summed E-state index contributed by atoms with van der Waals surface area (Å²) in [4.78, 5) is 14.3. The van der Waals surface area contributed by atoms with E-state index in [1.165, 1.54) is 0 Å². The fourth-order valence-corrected chi connectivity index (χ4v) is 2.25. The van der Waals surface area contributed by atoms with Crippen LogP contribution >= 0.6 is 12.4 Å². The van der Waals surface area contributed by atoms with Gasteiger partial charge in [0.1, 0.15) is 0 Å². The van der Waals surface area contributed by atoms with E-state index in [0.29, 0.717) is 36.8 Å². The number of nitrogens with zero attached hydrogens (tertiary/aromatic N) is 1. The number of ether oxygens (including phenoxy) is 2. The molecule has 1 aromatic rings. The SMILES string of the molecule is CCCCOc1ccc(C(=O)N(C)CC(C)(C)CN)cc1OC.Cl. The van der Waals surface area contributed by atoms with Crippen molar-refractivity contribution in [3.63, 3.8) is 0 Å². The molecule has 1 rings (SSSR count). The van der Waals surface area contributed by atoms with Crippen molar-refractivity contribution in [1.29, 1.82) is 0 Å². The van der Waals surface area contributed by atoms with Crippen LogP contribution in [0.3, 0.4) is 0 Å². The summed E-state index contributed by atoms with van der Waals surface area (Å²) in [7, 11) is 3.37. The van der Waals surface area contributed by atoms with E-state index in [-0.39, 0.29) is 23.7 Å². The molecule has 0 fully saturated rings. The molecule has 0 bridgehead atoms. The molecular weight excluding hydrogens is 328 g/mol. The molecule has 5 nitrogen and oxygen atoms in total. The summed E-state index contributed by atoms with van der Waals surface area (Å²) >= 11 is 0. The molecule has 138 valence electrons. The zero-order valence-electron chi connectivity index (χ0n) is 15.4. The second-order valence-electron chi connectivity index (χ2n) is 6.60. The van der Waals surface area contributed by atoms with Crippen LogP contribution in [-0.4, -0.2) is 44.7 Å². The molecule has 0 radical (unpaired) electrons. The van der Waals surface area contributed by atoms with Gasteiger partial charge >= 0.3 is 0 Å². The predicted octanol–water partition coefficient (Wildman–Crippen LogP) is 3.35. The molecule has 0 saturated heterocycles. The number of unbranched alkanes of at least 4 members (excludes halogenated alkanes) is 1. The average molecular weight is 359 g/mol.